The Labute approximate surface area is 194 Å². The van der Waals surface area contributed by atoms with Crippen LogP contribution in [0, 0.1) is 0 Å². The molecule has 0 radical (unpaired) electrons. The van der Waals surface area contributed by atoms with E-state index in [0.717, 1.165) is 29.4 Å². The van der Waals surface area contributed by atoms with Crippen molar-refractivity contribution in [1.29, 1.82) is 0 Å². The highest BCUT2D eigenvalue weighted by Crippen LogP contribution is 2.32. The molecule has 0 atom stereocenters. The third-order valence-electron chi connectivity index (χ3n) is 6.50. The van der Waals surface area contributed by atoms with Crippen LogP contribution < -0.4 is 0 Å². The number of hydrogen-bond donors (Lipinski definition) is 0. The monoisotopic (exact) mass is 492 g/mol. The molecular weight excluding hydrogens is 469 g/mol. The van der Waals surface area contributed by atoms with Gasteiger partial charge >= 0.3 is 6.18 Å². The van der Waals surface area contributed by atoms with Crippen LogP contribution in [0.4, 0.5) is 13.2 Å². The van der Waals surface area contributed by atoms with E-state index in [-0.39, 0.29) is 42.1 Å². The maximum absolute atomic E-state index is 13.5. The van der Waals surface area contributed by atoms with Gasteiger partial charge in [0.05, 0.1) is 15.9 Å². The van der Waals surface area contributed by atoms with Gasteiger partial charge in [-0.25, -0.2) is 13.4 Å². The number of amides is 1. The van der Waals surface area contributed by atoms with E-state index in [4.69, 9.17) is 0 Å². The summed E-state index contributed by atoms with van der Waals surface area (Å²) in [5.74, 6) is -1.64. The molecule has 5 rings (SSSR count). The van der Waals surface area contributed by atoms with Gasteiger partial charge in [0.2, 0.25) is 21.8 Å². The largest absolute Gasteiger partial charge is 0.449 e. The van der Waals surface area contributed by atoms with Crippen molar-refractivity contribution in [2.24, 2.45) is 0 Å². The van der Waals surface area contributed by atoms with Crippen molar-refractivity contribution in [3.63, 3.8) is 0 Å². The van der Waals surface area contributed by atoms with Gasteiger partial charge < -0.3 is 9.47 Å². The fourth-order valence-electron chi connectivity index (χ4n) is 4.72. The lowest BCUT2D eigenvalue weighted by Gasteiger charge is -2.34. The average Bonchev–Trinajstić information content (AvgIpc) is 3.43. The van der Waals surface area contributed by atoms with Crippen LogP contribution in [0.2, 0.25) is 0 Å². The van der Waals surface area contributed by atoms with Crippen LogP contribution in [0.1, 0.15) is 23.4 Å². The van der Waals surface area contributed by atoms with E-state index in [0.29, 0.717) is 0 Å². The second-order valence-electron chi connectivity index (χ2n) is 8.58. The number of hydrogen-bond acceptors (Lipinski definition) is 4. The zero-order chi connectivity index (χ0) is 24.1. The number of rotatable bonds is 4. The standard InChI is InChI=1S/C23H23F3N4O3S/c24-23(25,26)22-27-19-6-1-2-7-20(19)30(22)15-21(31)28-10-12-29(13-11-28)34(32,33)18-9-8-16-4-3-5-17(16)14-18/h1-2,6-9,14H,3-5,10-13,15H2. The Kier molecular flexibility index (Phi) is 5.64. The summed E-state index contributed by atoms with van der Waals surface area (Å²) in [5.41, 5.74) is 2.62. The van der Waals surface area contributed by atoms with Crippen molar-refractivity contribution in [2.75, 3.05) is 26.2 Å². The highest BCUT2D eigenvalue weighted by atomic mass is 32.2. The van der Waals surface area contributed by atoms with Crippen LogP contribution in [-0.4, -0.2) is 59.3 Å². The minimum absolute atomic E-state index is 0.0853. The predicted molar refractivity (Wildman–Crippen MR) is 119 cm³/mol. The van der Waals surface area contributed by atoms with E-state index in [1.54, 1.807) is 24.3 Å². The molecule has 1 amide bonds. The highest BCUT2D eigenvalue weighted by Gasteiger charge is 2.38. The molecule has 2 heterocycles. The number of aryl methyl sites for hydroxylation is 2. The maximum atomic E-state index is 13.5. The van der Waals surface area contributed by atoms with E-state index in [1.165, 1.54) is 26.9 Å². The molecule has 0 bridgehead atoms. The van der Waals surface area contributed by atoms with Crippen LogP contribution in [0.5, 0.6) is 0 Å². The van der Waals surface area contributed by atoms with Crippen molar-refractivity contribution in [1.82, 2.24) is 18.8 Å². The first kappa shape index (κ1) is 22.9. The predicted octanol–water partition coefficient (Wildman–Crippen LogP) is 3.08. The van der Waals surface area contributed by atoms with Gasteiger partial charge in [-0.05, 0) is 54.7 Å². The minimum atomic E-state index is -4.71. The zero-order valence-corrected chi connectivity index (χ0v) is 19.1. The summed E-state index contributed by atoms with van der Waals surface area (Å²) in [5, 5.41) is 0. The Morgan fingerprint density at radius 2 is 1.68 bits per heavy atom. The van der Waals surface area contributed by atoms with Crippen molar-refractivity contribution in [2.45, 2.75) is 36.9 Å². The number of carbonyl (C=O) groups is 1. The Bertz CT molecular complexity index is 1360. The molecule has 1 fully saturated rings. The number of nitrogens with zero attached hydrogens (tertiary/aromatic N) is 4. The summed E-state index contributed by atoms with van der Waals surface area (Å²) < 4.78 is 69.0. The number of carbonyl (C=O) groups excluding carboxylic acids is 1. The third-order valence-corrected chi connectivity index (χ3v) is 8.40. The first-order valence-corrected chi connectivity index (χ1v) is 12.5. The Morgan fingerprint density at radius 3 is 2.41 bits per heavy atom. The van der Waals surface area contributed by atoms with Gasteiger partial charge in [0.25, 0.3) is 0 Å². The van der Waals surface area contributed by atoms with Gasteiger partial charge in [-0.1, -0.05) is 18.2 Å². The molecule has 180 valence electrons. The van der Waals surface area contributed by atoms with Gasteiger partial charge in [0, 0.05) is 26.2 Å². The summed E-state index contributed by atoms with van der Waals surface area (Å²) in [7, 11) is -3.71. The summed E-state index contributed by atoms with van der Waals surface area (Å²) in [4.78, 5) is 18.2. The summed E-state index contributed by atoms with van der Waals surface area (Å²) >= 11 is 0. The second-order valence-corrected chi connectivity index (χ2v) is 10.5. The number of imidazole rings is 1. The van der Waals surface area contributed by atoms with Crippen molar-refractivity contribution in [3.8, 4) is 0 Å². The van der Waals surface area contributed by atoms with Gasteiger partial charge in [0.1, 0.15) is 6.54 Å². The molecule has 1 aliphatic heterocycles. The number of aromatic nitrogens is 2. The summed E-state index contributed by atoms with van der Waals surface area (Å²) in [6, 6.07) is 11.4. The molecule has 1 aromatic heterocycles. The number of alkyl halides is 3. The molecule has 34 heavy (non-hydrogen) atoms. The fraction of sp³-hybridized carbons (Fsp3) is 0.391. The Hall–Kier alpha value is -2.92. The zero-order valence-electron chi connectivity index (χ0n) is 18.3. The van der Waals surface area contributed by atoms with Crippen molar-refractivity contribution >= 4 is 27.0 Å². The summed E-state index contributed by atoms with van der Waals surface area (Å²) in [6.45, 7) is -0.134. The first-order valence-electron chi connectivity index (χ1n) is 11.1. The van der Waals surface area contributed by atoms with Crippen molar-refractivity contribution < 1.29 is 26.4 Å². The third kappa shape index (κ3) is 4.07. The van der Waals surface area contributed by atoms with E-state index >= 15 is 0 Å². The number of sulfonamides is 1. The van der Waals surface area contributed by atoms with Crippen LogP contribution in [0.3, 0.4) is 0 Å². The van der Waals surface area contributed by atoms with Gasteiger partial charge in [0.15, 0.2) is 0 Å². The van der Waals surface area contributed by atoms with Crippen LogP contribution in [0.25, 0.3) is 11.0 Å². The number of fused-ring (bicyclic) bond motifs is 2. The quantitative estimate of drug-likeness (QED) is 0.561. The molecule has 1 aliphatic carbocycles. The number of para-hydroxylation sites is 2. The molecule has 2 aromatic carbocycles. The van der Waals surface area contributed by atoms with Crippen molar-refractivity contribution in [3.05, 3.63) is 59.4 Å². The molecular formula is C23H23F3N4O3S. The van der Waals surface area contributed by atoms with Crippen LogP contribution in [-0.2, 0) is 40.4 Å². The number of piperazine rings is 1. The molecule has 2 aliphatic rings. The molecule has 1 saturated heterocycles. The Morgan fingerprint density at radius 1 is 0.971 bits per heavy atom. The molecule has 7 nitrogen and oxygen atoms in total. The molecule has 11 heteroatoms. The normalized spacial score (nSPS) is 17.3. The van der Waals surface area contributed by atoms with Gasteiger partial charge in [-0.3, -0.25) is 4.79 Å². The summed E-state index contributed by atoms with van der Waals surface area (Å²) in [6.07, 6.45) is -1.87. The average molecular weight is 493 g/mol. The van der Waals surface area contributed by atoms with Gasteiger partial charge in [-0.15, -0.1) is 0 Å². The number of benzene rings is 2. The van der Waals surface area contributed by atoms with E-state index in [1.807, 2.05) is 6.07 Å². The molecule has 0 saturated carbocycles. The second kappa shape index (κ2) is 8.38. The van der Waals surface area contributed by atoms with E-state index < -0.39 is 34.5 Å². The lowest BCUT2D eigenvalue weighted by atomic mass is 10.1. The SMILES string of the molecule is O=C(Cn1c(C(F)(F)F)nc2ccccc21)N1CCN(S(=O)(=O)c2ccc3c(c2)CCC3)CC1. The van der Waals surface area contributed by atoms with Crippen LogP contribution in [0.15, 0.2) is 47.4 Å². The van der Waals surface area contributed by atoms with E-state index in [9.17, 15) is 26.4 Å². The first-order chi connectivity index (χ1) is 16.1. The Balaban J connectivity index is 1.30. The molecule has 3 aromatic rings. The maximum Gasteiger partial charge on any atom is 0.449 e. The minimum Gasteiger partial charge on any atom is -0.339 e. The topological polar surface area (TPSA) is 75.5 Å². The fourth-order valence-corrected chi connectivity index (χ4v) is 6.20. The molecule has 0 unspecified atom stereocenters. The van der Waals surface area contributed by atoms with Gasteiger partial charge in [-0.2, -0.15) is 17.5 Å². The number of halogens is 3. The smallest absolute Gasteiger partial charge is 0.339 e. The lowest BCUT2D eigenvalue weighted by Crippen LogP contribution is -2.51. The molecule has 0 N–H and O–H groups in total. The lowest BCUT2D eigenvalue weighted by molar-refractivity contribution is -0.148. The van der Waals surface area contributed by atoms with E-state index in [2.05, 4.69) is 4.98 Å². The van der Waals surface area contributed by atoms with Crippen LogP contribution >= 0.6 is 0 Å². The molecule has 0 spiro atoms. The highest BCUT2D eigenvalue weighted by molar-refractivity contribution is 7.89.